The maximum atomic E-state index is 12.2. The Labute approximate surface area is 131 Å². The molecule has 4 heteroatoms. The van der Waals surface area contributed by atoms with E-state index in [1.807, 2.05) is 44.2 Å². The van der Waals surface area contributed by atoms with Gasteiger partial charge in [-0.1, -0.05) is 29.3 Å². The molecule has 1 N–H and O–H groups in total. The molecule has 1 amide bonds. The summed E-state index contributed by atoms with van der Waals surface area (Å²) in [6.07, 6.45) is 0. The number of amides is 1. The van der Waals surface area contributed by atoms with Crippen LogP contribution in [-0.2, 0) is 0 Å². The molecule has 0 spiro atoms. The van der Waals surface area contributed by atoms with Gasteiger partial charge in [0.25, 0.3) is 5.91 Å². The van der Waals surface area contributed by atoms with Gasteiger partial charge >= 0.3 is 0 Å². The third-order valence-electron chi connectivity index (χ3n) is 2.80. The molecule has 19 heavy (non-hydrogen) atoms. The molecule has 98 valence electrons. The van der Waals surface area contributed by atoms with E-state index in [2.05, 4.69) is 27.9 Å². The lowest BCUT2D eigenvalue weighted by Crippen LogP contribution is -2.13. The second-order valence-electron chi connectivity index (χ2n) is 4.40. The van der Waals surface area contributed by atoms with Crippen molar-refractivity contribution in [3.63, 3.8) is 0 Å². The van der Waals surface area contributed by atoms with E-state index in [9.17, 15) is 4.79 Å². The number of carbonyl (C=O) groups is 1. The normalized spacial score (nSPS) is 10.3. The fraction of sp³-hybridized carbons (Fsp3) is 0.133. The number of benzene rings is 2. The van der Waals surface area contributed by atoms with Gasteiger partial charge in [-0.05, 0) is 66.3 Å². The number of aryl methyl sites for hydroxylation is 2. The minimum absolute atomic E-state index is 0.138. The van der Waals surface area contributed by atoms with E-state index in [1.54, 1.807) is 6.07 Å². The van der Waals surface area contributed by atoms with E-state index in [0.717, 1.165) is 14.7 Å². The number of hydrogen-bond acceptors (Lipinski definition) is 1. The Balaban J connectivity index is 2.28. The van der Waals surface area contributed by atoms with E-state index >= 15 is 0 Å². The zero-order valence-electron chi connectivity index (χ0n) is 10.6. The fourth-order valence-corrected chi connectivity index (χ4v) is 2.51. The summed E-state index contributed by atoms with van der Waals surface area (Å²) in [5.74, 6) is -0.138. The smallest absolute Gasteiger partial charge is 0.255 e. The van der Waals surface area contributed by atoms with Crippen molar-refractivity contribution in [3.05, 3.63) is 61.7 Å². The topological polar surface area (TPSA) is 29.1 Å². The van der Waals surface area contributed by atoms with Crippen molar-refractivity contribution in [3.8, 4) is 0 Å². The molecular weight excluding hydrogens is 373 g/mol. The van der Waals surface area contributed by atoms with Gasteiger partial charge in [0, 0.05) is 9.13 Å². The summed E-state index contributed by atoms with van der Waals surface area (Å²) in [6.45, 7) is 3.93. The molecule has 0 bridgehead atoms. The molecule has 0 radical (unpaired) electrons. The van der Waals surface area contributed by atoms with Crippen LogP contribution in [0.3, 0.4) is 0 Å². The monoisotopic (exact) mass is 385 g/mol. The largest absolute Gasteiger partial charge is 0.321 e. The maximum Gasteiger partial charge on any atom is 0.255 e. The third-order valence-corrected chi connectivity index (χ3v) is 3.80. The van der Waals surface area contributed by atoms with E-state index in [0.29, 0.717) is 16.3 Å². The molecule has 0 unspecified atom stereocenters. The van der Waals surface area contributed by atoms with Crippen LogP contribution >= 0.6 is 34.2 Å². The van der Waals surface area contributed by atoms with Crippen molar-refractivity contribution >= 4 is 45.8 Å². The first-order valence-electron chi connectivity index (χ1n) is 5.81. The average Bonchev–Trinajstić information content (AvgIpc) is 2.33. The SMILES string of the molecule is Cc1ccc(C(=O)Nc2cc(I)ccc2Cl)c(C)c1. The number of carbonyl (C=O) groups excluding carboxylic acids is 1. The number of anilines is 1. The van der Waals surface area contributed by atoms with Crippen LogP contribution in [0.2, 0.25) is 5.02 Å². The van der Waals surface area contributed by atoms with Crippen LogP contribution in [0.15, 0.2) is 36.4 Å². The van der Waals surface area contributed by atoms with E-state index in [-0.39, 0.29) is 5.91 Å². The predicted octanol–water partition coefficient (Wildman–Crippen LogP) is 4.81. The summed E-state index contributed by atoms with van der Waals surface area (Å²) in [5.41, 5.74) is 3.40. The molecular formula is C15H13ClINO. The molecule has 0 heterocycles. The lowest BCUT2D eigenvalue weighted by Gasteiger charge is -2.10. The average molecular weight is 386 g/mol. The van der Waals surface area contributed by atoms with Crippen molar-refractivity contribution in [1.82, 2.24) is 0 Å². The van der Waals surface area contributed by atoms with Crippen LogP contribution in [-0.4, -0.2) is 5.91 Å². The summed E-state index contributed by atoms with van der Waals surface area (Å²) in [5, 5.41) is 3.39. The van der Waals surface area contributed by atoms with Crippen LogP contribution in [0.5, 0.6) is 0 Å². The molecule has 0 aliphatic carbocycles. The maximum absolute atomic E-state index is 12.2. The molecule has 0 atom stereocenters. The summed E-state index contributed by atoms with van der Waals surface area (Å²) in [7, 11) is 0. The van der Waals surface area contributed by atoms with Gasteiger partial charge in [-0.25, -0.2) is 0 Å². The first-order valence-corrected chi connectivity index (χ1v) is 7.26. The molecule has 0 saturated carbocycles. The van der Waals surface area contributed by atoms with Gasteiger partial charge in [0.15, 0.2) is 0 Å². The lowest BCUT2D eigenvalue weighted by atomic mass is 10.1. The van der Waals surface area contributed by atoms with Crippen molar-refractivity contribution in [1.29, 1.82) is 0 Å². The highest BCUT2D eigenvalue weighted by molar-refractivity contribution is 14.1. The van der Waals surface area contributed by atoms with Crippen LogP contribution in [0.1, 0.15) is 21.5 Å². The van der Waals surface area contributed by atoms with E-state index < -0.39 is 0 Å². The van der Waals surface area contributed by atoms with Gasteiger partial charge in [0.05, 0.1) is 10.7 Å². The molecule has 0 fully saturated rings. The van der Waals surface area contributed by atoms with Crippen molar-refractivity contribution < 1.29 is 4.79 Å². The van der Waals surface area contributed by atoms with Crippen LogP contribution in [0.25, 0.3) is 0 Å². The highest BCUT2D eigenvalue weighted by Gasteiger charge is 2.11. The van der Waals surface area contributed by atoms with Gasteiger partial charge in [-0.15, -0.1) is 0 Å². The standard InChI is InChI=1S/C15H13ClINO/c1-9-3-5-12(10(2)7-9)15(19)18-14-8-11(17)4-6-13(14)16/h3-8H,1-2H3,(H,18,19). The molecule has 0 aliphatic heterocycles. The Morgan fingerprint density at radius 3 is 2.58 bits per heavy atom. The first kappa shape index (κ1) is 14.3. The molecule has 2 rings (SSSR count). The summed E-state index contributed by atoms with van der Waals surface area (Å²) in [4.78, 5) is 12.2. The minimum atomic E-state index is -0.138. The number of hydrogen-bond donors (Lipinski definition) is 1. The van der Waals surface area contributed by atoms with Crippen LogP contribution in [0, 0.1) is 17.4 Å². The highest BCUT2D eigenvalue weighted by atomic mass is 127. The third kappa shape index (κ3) is 3.48. The fourth-order valence-electron chi connectivity index (χ4n) is 1.85. The molecule has 2 nitrogen and oxygen atoms in total. The van der Waals surface area contributed by atoms with Gasteiger partial charge in [-0.3, -0.25) is 4.79 Å². The van der Waals surface area contributed by atoms with Crippen molar-refractivity contribution in [2.24, 2.45) is 0 Å². The minimum Gasteiger partial charge on any atom is -0.321 e. The zero-order valence-corrected chi connectivity index (χ0v) is 13.5. The lowest BCUT2D eigenvalue weighted by molar-refractivity contribution is 0.102. The predicted molar refractivity (Wildman–Crippen MR) is 88.0 cm³/mol. The van der Waals surface area contributed by atoms with Crippen LogP contribution < -0.4 is 5.32 Å². The Morgan fingerprint density at radius 1 is 1.16 bits per heavy atom. The Bertz CT molecular complexity index is 640. The quantitative estimate of drug-likeness (QED) is 0.738. The van der Waals surface area contributed by atoms with Crippen molar-refractivity contribution in [2.45, 2.75) is 13.8 Å². The van der Waals surface area contributed by atoms with E-state index in [1.165, 1.54) is 0 Å². The second kappa shape index (κ2) is 5.92. The summed E-state index contributed by atoms with van der Waals surface area (Å²) in [6, 6.07) is 11.3. The first-order chi connectivity index (χ1) is 8.97. The molecule has 0 aliphatic rings. The van der Waals surface area contributed by atoms with Gasteiger partial charge in [0.2, 0.25) is 0 Å². The summed E-state index contributed by atoms with van der Waals surface area (Å²) >= 11 is 8.26. The number of halogens is 2. The Morgan fingerprint density at radius 2 is 1.89 bits per heavy atom. The van der Waals surface area contributed by atoms with Gasteiger partial charge in [0.1, 0.15) is 0 Å². The number of nitrogens with one attached hydrogen (secondary N) is 1. The zero-order chi connectivity index (χ0) is 14.0. The van der Waals surface area contributed by atoms with Crippen LogP contribution in [0.4, 0.5) is 5.69 Å². The molecule has 2 aromatic rings. The Kier molecular flexibility index (Phi) is 4.47. The molecule has 0 aromatic heterocycles. The van der Waals surface area contributed by atoms with Crippen molar-refractivity contribution in [2.75, 3.05) is 5.32 Å². The van der Waals surface area contributed by atoms with E-state index in [4.69, 9.17) is 11.6 Å². The summed E-state index contributed by atoms with van der Waals surface area (Å²) < 4.78 is 1.03. The molecule has 2 aromatic carbocycles. The van der Waals surface area contributed by atoms with Gasteiger partial charge < -0.3 is 5.32 Å². The molecule has 0 saturated heterocycles. The highest BCUT2D eigenvalue weighted by Crippen LogP contribution is 2.24. The second-order valence-corrected chi connectivity index (χ2v) is 6.05. The van der Waals surface area contributed by atoms with Gasteiger partial charge in [-0.2, -0.15) is 0 Å². The number of rotatable bonds is 2. The Hall–Kier alpha value is -1.07.